The molecule has 56 valence electrons. The number of hydrogen-bond donors (Lipinski definition) is 1. The molecular formula is C7H17NO. The third-order valence-corrected chi connectivity index (χ3v) is 1.66. The van der Waals surface area contributed by atoms with Gasteiger partial charge >= 0.3 is 0 Å². The van der Waals surface area contributed by atoms with Crippen LogP contribution in [0.15, 0.2) is 0 Å². The van der Waals surface area contributed by atoms with E-state index in [4.69, 9.17) is 5.11 Å². The summed E-state index contributed by atoms with van der Waals surface area (Å²) in [5.74, 6) is 0. The van der Waals surface area contributed by atoms with Crippen molar-refractivity contribution in [2.45, 2.75) is 25.8 Å². The fraction of sp³-hybridized carbons (Fsp3) is 1.00. The van der Waals surface area contributed by atoms with E-state index in [1.807, 2.05) is 14.1 Å². The third kappa shape index (κ3) is 3.49. The molecule has 0 rings (SSSR count). The first kappa shape index (κ1) is 8.92. The molecule has 0 saturated heterocycles. The molecule has 0 aliphatic rings. The van der Waals surface area contributed by atoms with Crippen molar-refractivity contribution in [1.82, 2.24) is 4.90 Å². The highest BCUT2D eigenvalue weighted by molar-refractivity contribution is 4.61. The van der Waals surface area contributed by atoms with E-state index < -0.39 is 0 Å². The molecule has 0 saturated carbocycles. The molecule has 2 nitrogen and oxygen atoms in total. The fourth-order valence-corrected chi connectivity index (χ4v) is 0.976. The summed E-state index contributed by atoms with van der Waals surface area (Å²) < 4.78 is 0. The van der Waals surface area contributed by atoms with Crippen molar-refractivity contribution in [3.8, 4) is 0 Å². The largest absolute Gasteiger partial charge is 0.396 e. The van der Waals surface area contributed by atoms with Gasteiger partial charge in [0.05, 0.1) is 0 Å². The van der Waals surface area contributed by atoms with E-state index >= 15 is 0 Å². The van der Waals surface area contributed by atoms with Crippen molar-refractivity contribution >= 4 is 0 Å². The molecule has 0 spiro atoms. The lowest BCUT2D eigenvalue weighted by molar-refractivity contribution is 0.205. The highest BCUT2D eigenvalue weighted by atomic mass is 16.3. The van der Waals surface area contributed by atoms with Crippen molar-refractivity contribution in [2.24, 2.45) is 0 Å². The topological polar surface area (TPSA) is 23.5 Å². The van der Waals surface area contributed by atoms with Gasteiger partial charge in [-0.05, 0) is 26.9 Å². The minimum Gasteiger partial charge on any atom is -0.396 e. The summed E-state index contributed by atoms with van der Waals surface area (Å²) in [7, 11) is 4.09. The van der Waals surface area contributed by atoms with Crippen LogP contribution in [-0.4, -0.2) is 36.8 Å². The summed E-state index contributed by atoms with van der Waals surface area (Å²) in [6.07, 6.45) is 2.01. The zero-order valence-corrected chi connectivity index (χ0v) is 6.59. The quantitative estimate of drug-likeness (QED) is 0.607. The second-order valence-corrected chi connectivity index (χ2v) is 2.54. The Labute approximate surface area is 57.5 Å². The van der Waals surface area contributed by atoms with Gasteiger partial charge in [0.15, 0.2) is 0 Å². The molecule has 0 aromatic carbocycles. The summed E-state index contributed by atoms with van der Waals surface area (Å²) in [6, 6.07) is 0.551. The van der Waals surface area contributed by atoms with Crippen molar-refractivity contribution in [3.05, 3.63) is 0 Å². The van der Waals surface area contributed by atoms with E-state index in [1.54, 1.807) is 0 Å². The number of rotatable bonds is 4. The first-order valence-corrected chi connectivity index (χ1v) is 3.49. The lowest BCUT2D eigenvalue weighted by Crippen LogP contribution is -2.27. The smallest absolute Gasteiger partial charge is 0.0445 e. The van der Waals surface area contributed by atoms with E-state index in [0.29, 0.717) is 12.6 Å². The van der Waals surface area contributed by atoms with Gasteiger partial charge in [-0.15, -0.1) is 0 Å². The van der Waals surface area contributed by atoms with Crippen LogP contribution >= 0.6 is 0 Å². The summed E-state index contributed by atoms with van der Waals surface area (Å²) in [5, 5.41) is 8.59. The fourth-order valence-electron chi connectivity index (χ4n) is 0.976. The Morgan fingerprint density at radius 1 is 1.44 bits per heavy atom. The van der Waals surface area contributed by atoms with Crippen LogP contribution in [0.5, 0.6) is 0 Å². The highest BCUT2D eigenvalue weighted by Crippen LogP contribution is 2.02. The van der Waals surface area contributed by atoms with Crippen LogP contribution in [-0.2, 0) is 0 Å². The van der Waals surface area contributed by atoms with Crippen LogP contribution in [0.2, 0.25) is 0 Å². The van der Waals surface area contributed by atoms with Crippen LogP contribution in [0.3, 0.4) is 0 Å². The lowest BCUT2D eigenvalue weighted by Gasteiger charge is -2.21. The van der Waals surface area contributed by atoms with Crippen molar-refractivity contribution in [2.75, 3.05) is 20.7 Å². The van der Waals surface area contributed by atoms with E-state index in [1.165, 1.54) is 0 Å². The highest BCUT2D eigenvalue weighted by Gasteiger charge is 2.05. The summed E-state index contributed by atoms with van der Waals surface area (Å²) in [4.78, 5) is 2.15. The molecule has 9 heavy (non-hydrogen) atoms. The maximum Gasteiger partial charge on any atom is 0.0445 e. The zero-order chi connectivity index (χ0) is 7.28. The molecule has 0 radical (unpaired) electrons. The van der Waals surface area contributed by atoms with Gasteiger partial charge in [-0.25, -0.2) is 0 Å². The van der Waals surface area contributed by atoms with Crippen LogP contribution in [0, 0.1) is 0 Å². The molecule has 1 unspecified atom stereocenters. The standard InChI is InChI=1S/C7H17NO/c1-4-7(5-6-9)8(2)3/h7,9H,4-6H2,1-3H3. The van der Waals surface area contributed by atoms with Gasteiger partial charge < -0.3 is 10.0 Å². The molecule has 0 bridgehead atoms. The number of aliphatic hydroxyl groups is 1. The molecular weight excluding hydrogens is 114 g/mol. The van der Waals surface area contributed by atoms with Gasteiger partial charge in [0.25, 0.3) is 0 Å². The first-order valence-electron chi connectivity index (χ1n) is 3.49. The summed E-state index contributed by atoms with van der Waals surface area (Å²) >= 11 is 0. The Hall–Kier alpha value is -0.0800. The Morgan fingerprint density at radius 3 is 2.11 bits per heavy atom. The molecule has 0 aliphatic heterocycles. The average molecular weight is 131 g/mol. The number of hydrogen-bond acceptors (Lipinski definition) is 2. The van der Waals surface area contributed by atoms with Gasteiger partial charge in [0.2, 0.25) is 0 Å². The van der Waals surface area contributed by atoms with Gasteiger partial charge in [0, 0.05) is 12.6 Å². The van der Waals surface area contributed by atoms with Gasteiger partial charge in [-0.1, -0.05) is 6.92 Å². The van der Waals surface area contributed by atoms with Gasteiger partial charge in [0.1, 0.15) is 0 Å². The van der Waals surface area contributed by atoms with E-state index in [0.717, 1.165) is 12.8 Å². The molecule has 0 fully saturated rings. The Bertz CT molecular complexity index is 63.9. The van der Waals surface area contributed by atoms with E-state index in [9.17, 15) is 0 Å². The predicted octanol–water partition coefficient (Wildman–Crippen LogP) is 0.709. The molecule has 1 N–H and O–H groups in total. The van der Waals surface area contributed by atoms with Gasteiger partial charge in [-0.3, -0.25) is 0 Å². The predicted molar refractivity (Wildman–Crippen MR) is 39.5 cm³/mol. The molecule has 0 aromatic heterocycles. The SMILES string of the molecule is CCC(CCO)N(C)C. The van der Waals surface area contributed by atoms with Crippen molar-refractivity contribution in [1.29, 1.82) is 0 Å². The second kappa shape index (κ2) is 4.77. The van der Waals surface area contributed by atoms with Crippen LogP contribution in [0.4, 0.5) is 0 Å². The maximum atomic E-state index is 8.59. The minimum absolute atomic E-state index is 0.302. The lowest BCUT2D eigenvalue weighted by atomic mass is 10.1. The minimum atomic E-state index is 0.302. The Balaban J connectivity index is 3.41. The summed E-state index contributed by atoms with van der Waals surface area (Å²) in [5.41, 5.74) is 0. The molecule has 2 heteroatoms. The normalized spacial score (nSPS) is 14.3. The number of nitrogens with zero attached hydrogens (tertiary/aromatic N) is 1. The Kier molecular flexibility index (Phi) is 4.72. The number of aliphatic hydroxyl groups excluding tert-OH is 1. The van der Waals surface area contributed by atoms with Crippen molar-refractivity contribution in [3.63, 3.8) is 0 Å². The first-order chi connectivity index (χ1) is 4.22. The van der Waals surface area contributed by atoms with Gasteiger partial charge in [-0.2, -0.15) is 0 Å². The molecule has 0 aromatic rings. The van der Waals surface area contributed by atoms with E-state index in [-0.39, 0.29) is 0 Å². The zero-order valence-electron chi connectivity index (χ0n) is 6.59. The monoisotopic (exact) mass is 131 g/mol. The third-order valence-electron chi connectivity index (χ3n) is 1.66. The second-order valence-electron chi connectivity index (χ2n) is 2.54. The molecule has 0 aliphatic carbocycles. The molecule has 1 atom stereocenters. The van der Waals surface area contributed by atoms with Crippen LogP contribution in [0.1, 0.15) is 19.8 Å². The molecule has 0 amide bonds. The van der Waals surface area contributed by atoms with Crippen molar-refractivity contribution < 1.29 is 5.11 Å². The Morgan fingerprint density at radius 2 is 2.00 bits per heavy atom. The van der Waals surface area contributed by atoms with Crippen LogP contribution < -0.4 is 0 Å². The average Bonchev–Trinajstić information content (AvgIpc) is 1.82. The molecule has 0 heterocycles. The van der Waals surface area contributed by atoms with Crippen LogP contribution in [0.25, 0.3) is 0 Å². The summed E-state index contributed by atoms with van der Waals surface area (Å²) in [6.45, 7) is 2.44. The maximum absolute atomic E-state index is 8.59. The van der Waals surface area contributed by atoms with E-state index in [2.05, 4.69) is 11.8 Å².